The van der Waals surface area contributed by atoms with Gasteiger partial charge in [-0.25, -0.2) is 0 Å². The minimum absolute atomic E-state index is 0.0694. The monoisotopic (exact) mass is 178 g/mol. The Balaban J connectivity index is 0. The molecule has 5 nitrogen and oxygen atoms in total. The Morgan fingerprint density at radius 2 is 1.83 bits per heavy atom. The van der Waals surface area contributed by atoms with Gasteiger partial charge in [0, 0.05) is 6.54 Å². The average Bonchev–Trinajstić information content (AvgIpc) is 1.83. The van der Waals surface area contributed by atoms with Crippen LogP contribution in [0.15, 0.2) is 0 Å². The summed E-state index contributed by atoms with van der Waals surface area (Å²) >= 11 is 0. The summed E-state index contributed by atoms with van der Waals surface area (Å²) in [6.45, 7) is 0.542. The van der Waals surface area contributed by atoms with Gasteiger partial charge in [-0.05, 0) is 0 Å². The highest BCUT2D eigenvalue weighted by Gasteiger charge is 2.04. The van der Waals surface area contributed by atoms with Crippen molar-refractivity contribution in [1.29, 1.82) is 0 Å². The predicted molar refractivity (Wildman–Crippen MR) is 44.0 cm³/mol. The number of nitrogens with two attached hydrogens (primary N) is 1. The summed E-state index contributed by atoms with van der Waals surface area (Å²) in [7, 11) is 5.40. The van der Waals surface area contributed by atoms with E-state index in [2.05, 4.69) is 0 Å². The van der Waals surface area contributed by atoms with E-state index in [1.807, 2.05) is 0 Å². The maximum atomic E-state index is 9.89. The van der Waals surface area contributed by atoms with Gasteiger partial charge in [0.15, 0.2) is 0 Å². The molecule has 0 amide bonds. The second-order valence-electron chi connectivity index (χ2n) is 3.33. The van der Waals surface area contributed by atoms with E-state index in [1.165, 1.54) is 0 Å². The lowest BCUT2D eigenvalue weighted by Gasteiger charge is -2.23. The molecule has 0 unspecified atom stereocenters. The lowest BCUT2D eigenvalue weighted by molar-refractivity contribution is -0.864. The van der Waals surface area contributed by atoms with Crippen molar-refractivity contribution in [2.24, 2.45) is 5.73 Å². The maximum Gasteiger partial charge on any atom is 0.118 e. The molecule has 0 fully saturated rings. The lowest BCUT2D eigenvalue weighted by atomic mass is 10.5. The van der Waals surface area contributed by atoms with Gasteiger partial charge in [0.1, 0.15) is 6.54 Å². The van der Waals surface area contributed by atoms with Gasteiger partial charge in [-0.1, -0.05) is 0 Å². The van der Waals surface area contributed by atoms with Crippen molar-refractivity contribution in [1.82, 2.24) is 0 Å². The van der Waals surface area contributed by atoms with Crippen LogP contribution in [0, 0.1) is 0 Å². The van der Waals surface area contributed by atoms with Crippen LogP contribution in [-0.2, 0) is 4.79 Å². The molecule has 0 saturated carbocycles. The van der Waals surface area contributed by atoms with Crippen LogP contribution in [-0.4, -0.2) is 56.4 Å². The highest BCUT2D eigenvalue weighted by molar-refractivity contribution is 5.65. The van der Waals surface area contributed by atoms with Crippen molar-refractivity contribution >= 4 is 5.97 Å². The van der Waals surface area contributed by atoms with Gasteiger partial charge in [-0.2, -0.15) is 0 Å². The molecule has 12 heavy (non-hydrogen) atoms. The summed E-state index contributed by atoms with van der Waals surface area (Å²) in [5.41, 5.74) is 4.78. The minimum Gasteiger partial charge on any atom is -0.544 e. The van der Waals surface area contributed by atoms with Crippen LogP contribution in [0.2, 0.25) is 0 Å². The molecular weight excluding hydrogens is 160 g/mol. The molecular formula is C7H18N2O3. The van der Waals surface area contributed by atoms with Gasteiger partial charge in [0.25, 0.3) is 0 Å². The third-order valence-corrected chi connectivity index (χ3v) is 0.733. The van der Waals surface area contributed by atoms with Crippen LogP contribution in [0.3, 0.4) is 0 Å². The number of quaternary nitrogens is 1. The van der Waals surface area contributed by atoms with E-state index in [0.29, 0.717) is 11.0 Å². The van der Waals surface area contributed by atoms with Crippen LogP contribution >= 0.6 is 0 Å². The first-order valence-electron chi connectivity index (χ1n) is 3.64. The number of hydrogen-bond acceptors (Lipinski definition) is 4. The number of likely N-dealkylation sites (N-methyl/N-ethyl adjacent to an activating group) is 1. The van der Waals surface area contributed by atoms with Gasteiger partial charge in [0.05, 0.1) is 33.7 Å². The first-order chi connectivity index (χ1) is 5.33. The zero-order chi connectivity index (χ0) is 10.2. The van der Waals surface area contributed by atoms with E-state index < -0.39 is 5.97 Å². The van der Waals surface area contributed by atoms with Crippen LogP contribution in [0.5, 0.6) is 0 Å². The molecule has 0 aliphatic rings. The number of nitrogens with zero attached hydrogens (tertiary/aromatic N) is 1. The number of carbonyl (C=O) groups is 1. The standard InChI is InChI=1S/C5H11NO2.C2H7NO/c1-6(2,3)4-5(7)8;3-1-2-4/h4H2,1-3H3;4H,1-3H2. The van der Waals surface area contributed by atoms with Gasteiger partial charge in [0.2, 0.25) is 0 Å². The normalized spacial score (nSPS) is 10.1. The number of carboxylic acid groups (broad SMARTS) is 1. The largest absolute Gasteiger partial charge is 0.544 e. The average molecular weight is 178 g/mol. The molecule has 0 heterocycles. The SMILES string of the molecule is C[N+](C)(C)CC(=O)[O-].NCCO. The molecule has 0 saturated heterocycles. The van der Waals surface area contributed by atoms with Gasteiger partial charge in [-0.15, -0.1) is 0 Å². The summed E-state index contributed by atoms with van der Waals surface area (Å²) in [4.78, 5) is 9.89. The Morgan fingerprint density at radius 3 is 1.83 bits per heavy atom. The van der Waals surface area contributed by atoms with Crippen molar-refractivity contribution in [3.8, 4) is 0 Å². The number of aliphatic carboxylic acids is 1. The highest BCUT2D eigenvalue weighted by Crippen LogP contribution is 1.84. The fourth-order valence-electron chi connectivity index (χ4n) is 0.387. The topological polar surface area (TPSA) is 86.4 Å². The van der Waals surface area contributed by atoms with E-state index in [-0.39, 0.29) is 13.2 Å². The summed E-state index contributed by atoms with van der Waals surface area (Å²) < 4.78 is 0.419. The molecule has 3 N–H and O–H groups in total. The predicted octanol–water partition coefficient (Wildman–Crippen LogP) is -2.62. The zero-order valence-electron chi connectivity index (χ0n) is 7.91. The van der Waals surface area contributed by atoms with Crippen molar-refractivity contribution in [3.63, 3.8) is 0 Å². The summed E-state index contributed by atoms with van der Waals surface area (Å²) in [5.74, 6) is -1.00. The number of carbonyl (C=O) groups excluding carboxylic acids is 1. The molecule has 0 atom stereocenters. The fourth-order valence-corrected chi connectivity index (χ4v) is 0.387. The van der Waals surface area contributed by atoms with Crippen molar-refractivity contribution in [2.45, 2.75) is 0 Å². The summed E-state index contributed by atoms with van der Waals surface area (Å²) in [6.07, 6.45) is 0. The number of carboxylic acids is 1. The smallest absolute Gasteiger partial charge is 0.118 e. The molecule has 0 spiro atoms. The molecule has 0 radical (unpaired) electrons. The van der Waals surface area contributed by atoms with E-state index in [4.69, 9.17) is 10.8 Å². The van der Waals surface area contributed by atoms with Gasteiger partial charge < -0.3 is 25.2 Å². The second-order valence-corrected chi connectivity index (χ2v) is 3.33. The number of rotatable bonds is 3. The molecule has 74 valence electrons. The minimum atomic E-state index is -1.00. The van der Waals surface area contributed by atoms with Crippen molar-refractivity contribution < 1.29 is 19.5 Å². The maximum absolute atomic E-state index is 9.89. The number of aliphatic hydroxyl groups excluding tert-OH is 1. The Kier molecular flexibility index (Phi) is 8.14. The van der Waals surface area contributed by atoms with Crippen LogP contribution in [0.1, 0.15) is 0 Å². The summed E-state index contributed by atoms with van der Waals surface area (Å²) in [6, 6.07) is 0. The van der Waals surface area contributed by atoms with Crippen molar-refractivity contribution in [3.05, 3.63) is 0 Å². The summed E-state index contributed by atoms with van der Waals surface area (Å²) in [5, 5.41) is 17.6. The first-order valence-corrected chi connectivity index (χ1v) is 3.64. The lowest BCUT2D eigenvalue weighted by Crippen LogP contribution is -2.45. The van der Waals surface area contributed by atoms with Crippen molar-refractivity contribution in [2.75, 3.05) is 40.8 Å². The number of hydrogen-bond donors (Lipinski definition) is 2. The molecule has 0 bridgehead atoms. The van der Waals surface area contributed by atoms with E-state index in [1.54, 1.807) is 21.1 Å². The third kappa shape index (κ3) is 22.8. The first kappa shape index (κ1) is 13.9. The Labute approximate surface area is 73.0 Å². The van der Waals surface area contributed by atoms with Crippen LogP contribution < -0.4 is 10.8 Å². The Morgan fingerprint density at radius 1 is 1.50 bits per heavy atom. The molecule has 0 aromatic heterocycles. The fraction of sp³-hybridized carbons (Fsp3) is 0.857. The van der Waals surface area contributed by atoms with E-state index >= 15 is 0 Å². The van der Waals surface area contributed by atoms with Gasteiger partial charge >= 0.3 is 0 Å². The third-order valence-electron chi connectivity index (χ3n) is 0.733. The molecule has 0 aliphatic carbocycles. The van der Waals surface area contributed by atoms with Crippen LogP contribution in [0.4, 0.5) is 0 Å². The Bertz CT molecular complexity index is 118. The highest BCUT2D eigenvalue weighted by atomic mass is 16.4. The number of aliphatic hydroxyl groups is 1. The Hall–Kier alpha value is -0.650. The molecule has 0 aromatic rings. The van der Waals surface area contributed by atoms with Gasteiger partial charge in [-0.3, -0.25) is 0 Å². The van der Waals surface area contributed by atoms with E-state index in [9.17, 15) is 9.90 Å². The van der Waals surface area contributed by atoms with E-state index in [0.717, 1.165) is 0 Å². The molecule has 5 heteroatoms. The molecule has 0 rings (SSSR count). The zero-order valence-corrected chi connectivity index (χ0v) is 7.91. The molecule has 0 aliphatic heterocycles. The molecule has 0 aromatic carbocycles. The quantitative estimate of drug-likeness (QED) is 0.463. The second kappa shape index (κ2) is 7.02. The van der Waals surface area contributed by atoms with Crippen LogP contribution in [0.25, 0.3) is 0 Å².